The normalized spacial score (nSPS) is 12.0. The van der Waals surface area contributed by atoms with Gasteiger partial charge < -0.3 is 14.8 Å². The highest BCUT2D eigenvalue weighted by Crippen LogP contribution is 2.37. The van der Waals surface area contributed by atoms with Crippen molar-refractivity contribution in [2.24, 2.45) is 0 Å². The number of carbonyl (C=O) groups is 2. The number of fused-ring (bicyclic) bond motifs is 1. The average Bonchev–Trinajstić information content (AvgIpc) is 3.53. The van der Waals surface area contributed by atoms with Crippen LogP contribution < -0.4 is 14.8 Å². The molecule has 31 heavy (non-hydrogen) atoms. The highest BCUT2D eigenvalue weighted by atomic mass is 32.1. The van der Waals surface area contributed by atoms with Crippen molar-refractivity contribution >= 4 is 28.7 Å². The number of benzene rings is 2. The Hall–Kier alpha value is -3.98. The van der Waals surface area contributed by atoms with Crippen LogP contribution in [0.3, 0.4) is 0 Å². The van der Waals surface area contributed by atoms with Crippen molar-refractivity contribution in [2.45, 2.75) is 6.92 Å². The number of para-hydroxylation sites is 1. The monoisotopic (exact) mass is 432 g/mol. The first kappa shape index (κ1) is 19.0. The number of hydrogen-bond donors (Lipinski definition) is 1. The van der Waals surface area contributed by atoms with Crippen molar-refractivity contribution < 1.29 is 19.1 Å². The third-order valence-electron chi connectivity index (χ3n) is 4.69. The summed E-state index contributed by atoms with van der Waals surface area (Å²) in [6, 6.07) is 16.4. The minimum absolute atomic E-state index is 0.0144. The lowest BCUT2D eigenvalue weighted by molar-refractivity contribution is 0.101. The van der Waals surface area contributed by atoms with Crippen LogP contribution in [0.5, 0.6) is 11.5 Å². The zero-order chi connectivity index (χ0) is 21.4. The van der Waals surface area contributed by atoms with Gasteiger partial charge in [0.15, 0.2) is 23.1 Å². The molecule has 2 aromatic carbocycles. The SMILES string of the molecule is CC(=O)c1cc2c(cc1NC(=O)c1nc(-c3cccs3)n(-c3ccccc3)n1)OCO2. The highest BCUT2D eigenvalue weighted by molar-refractivity contribution is 7.13. The maximum atomic E-state index is 13.0. The van der Waals surface area contributed by atoms with Crippen LogP contribution in [0.15, 0.2) is 60.0 Å². The Bertz CT molecular complexity index is 1280. The van der Waals surface area contributed by atoms with E-state index in [4.69, 9.17) is 9.47 Å². The number of Topliss-reactive ketones (excluding diaryl/α,β-unsaturated/α-hetero) is 1. The summed E-state index contributed by atoms with van der Waals surface area (Å²) in [5, 5.41) is 9.12. The van der Waals surface area contributed by atoms with E-state index >= 15 is 0 Å². The van der Waals surface area contributed by atoms with Crippen LogP contribution in [0.25, 0.3) is 16.4 Å². The molecule has 3 heterocycles. The van der Waals surface area contributed by atoms with E-state index in [1.54, 1.807) is 16.8 Å². The number of rotatable bonds is 5. The summed E-state index contributed by atoms with van der Waals surface area (Å²) in [5.74, 6) is 0.727. The first-order valence-corrected chi connectivity index (χ1v) is 10.3. The second-order valence-corrected chi connectivity index (χ2v) is 7.69. The van der Waals surface area contributed by atoms with E-state index in [2.05, 4.69) is 15.4 Å². The molecule has 8 nitrogen and oxygen atoms in total. The third-order valence-corrected chi connectivity index (χ3v) is 5.56. The molecule has 0 atom stereocenters. The summed E-state index contributed by atoms with van der Waals surface area (Å²) in [5.41, 5.74) is 1.42. The molecule has 4 aromatic rings. The average molecular weight is 432 g/mol. The third kappa shape index (κ3) is 3.55. The van der Waals surface area contributed by atoms with Crippen LogP contribution in [0.1, 0.15) is 27.9 Å². The lowest BCUT2D eigenvalue weighted by atomic mass is 10.1. The summed E-state index contributed by atoms with van der Waals surface area (Å²) < 4.78 is 12.3. The molecular weight excluding hydrogens is 416 g/mol. The molecule has 154 valence electrons. The first-order chi connectivity index (χ1) is 15.1. The van der Waals surface area contributed by atoms with Gasteiger partial charge in [0.1, 0.15) is 0 Å². The number of amides is 1. The molecule has 0 aliphatic carbocycles. The molecule has 0 fully saturated rings. The Morgan fingerprint density at radius 2 is 1.84 bits per heavy atom. The molecule has 1 N–H and O–H groups in total. The van der Waals surface area contributed by atoms with Crippen molar-refractivity contribution in [3.63, 3.8) is 0 Å². The van der Waals surface area contributed by atoms with Crippen LogP contribution in [0.2, 0.25) is 0 Å². The number of ketones is 1. The summed E-state index contributed by atoms with van der Waals surface area (Å²) in [6.45, 7) is 1.49. The minimum Gasteiger partial charge on any atom is -0.454 e. The maximum Gasteiger partial charge on any atom is 0.295 e. The molecule has 0 bridgehead atoms. The summed E-state index contributed by atoms with van der Waals surface area (Å²) in [6.07, 6.45) is 0. The van der Waals surface area contributed by atoms with E-state index in [0.717, 1.165) is 10.6 Å². The molecule has 1 aliphatic heterocycles. The number of aromatic nitrogens is 3. The smallest absolute Gasteiger partial charge is 0.295 e. The highest BCUT2D eigenvalue weighted by Gasteiger charge is 2.23. The van der Waals surface area contributed by atoms with Gasteiger partial charge in [-0.15, -0.1) is 16.4 Å². The number of hydrogen-bond acceptors (Lipinski definition) is 7. The minimum atomic E-state index is -0.533. The second-order valence-electron chi connectivity index (χ2n) is 6.75. The summed E-state index contributed by atoms with van der Waals surface area (Å²) in [4.78, 5) is 30.5. The maximum absolute atomic E-state index is 13.0. The second kappa shape index (κ2) is 7.69. The molecule has 2 aromatic heterocycles. The Morgan fingerprint density at radius 1 is 1.06 bits per heavy atom. The van der Waals surface area contributed by atoms with E-state index < -0.39 is 5.91 Å². The van der Waals surface area contributed by atoms with E-state index in [0.29, 0.717) is 28.6 Å². The van der Waals surface area contributed by atoms with Crippen molar-refractivity contribution in [1.29, 1.82) is 0 Å². The quantitative estimate of drug-likeness (QED) is 0.476. The van der Waals surface area contributed by atoms with Gasteiger partial charge in [0.2, 0.25) is 12.6 Å². The molecule has 5 rings (SSSR count). The fraction of sp³-hybridized carbons (Fsp3) is 0.0909. The van der Waals surface area contributed by atoms with E-state index in [1.807, 2.05) is 47.8 Å². The van der Waals surface area contributed by atoms with Crippen molar-refractivity contribution in [2.75, 3.05) is 12.1 Å². The Balaban J connectivity index is 1.53. The molecule has 1 aliphatic rings. The largest absolute Gasteiger partial charge is 0.454 e. The molecule has 0 saturated carbocycles. The lowest BCUT2D eigenvalue weighted by Crippen LogP contribution is -2.16. The Kier molecular flexibility index (Phi) is 4.72. The van der Waals surface area contributed by atoms with Crippen LogP contribution in [0, 0.1) is 0 Å². The van der Waals surface area contributed by atoms with Crippen LogP contribution in [-0.4, -0.2) is 33.2 Å². The van der Waals surface area contributed by atoms with Crippen molar-refractivity contribution in [3.8, 4) is 27.9 Å². The van der Waals surface area contributed by atoms with Gasteiger partial charge in [-0.05, 0) is 36.6 Å². The molecule has 0 saturated heterocycles. The van der Waals surface area contributed by atoms with E-state index in [1.165, 1.54) is 18.3 Å². The van der Waals surface area contributed by atoms with Gasteiger partial charge in [-0.2, -0.15) is 0 Å². The lowest BCUT2D eigenvalue weighted by Gasteiger charge is -2.09. The van der Waals surface area contributed by atoms with Crippen molar-refractivity contribution in [1.82, 2.24) is 14.8 Å². The van der Waals surface area contributed by atoms with Gasteiger partial charge in [0.05, 0.1) is 16.3 Å². The molecule has 1 amide bonds. The number of anilines is 1. The molecule has 9 heteroatoms. The van der Waals surface area contributed by atoms with Gasteiger partial charge in [0, 0.05) is 11.6 Å². The Labute approximate surface area is 181 Å². The van der Waals surface area contributed by atoms with Gasteiger partial charge in [-0.1, -0.05) is 24.3 Å². The molecule has 0 unspecified atom stereocenters. The number of thiophene rings is 1. The predicted molar refractivity (Wildman–Crippen MR) is 115 cm³/mol. The summed E-state index contributed by atoms with van der Waals surface area (Å²) in [7, 11) is 0. The van der Waals surface area contributed by atoms with Gasteiger partial charge in [-0.3, -0.25) is 9.59 Å². The molecular formula is C22H16N4O4S. The van der Waals surface area contributed by atoms with E-state index in [9.17, 15) is 9.59 Å². The van der Waals surface area contributed by atoms with E-state index in [-0.39, 0.29) is 18.4 Å². The van der Waals surface area contributed by atoms with Crippen molar-refractivity contribution in [3.05, 3.63) is 71.4 Å². The molecule has 0 radical (unpaired) electrons. The predicted octanol–water partition coefficient (Wildman–Crippen LogP) is 4.18. The fourth-order valence-corrected chi connectivity index (χ4v) is 3.94. The fourth-order valence-electron chi connectivity index (χ4n) is 3.24. The van der Waals surface area contributed by atoms with Gasteiger partial charge in [0.25, 0.3) is 5.91 Å². The first-order valence-electron chi connectivity index (χ1n) is 9.42. The summed E-state index contributed by atoms with van der Waals surface area (Å²) >= 11 is 1.50. The Morgan fingerprint density at radius 3 is 2.55 bits per heavy atom. The van der Waals surface area contributed by atoms with Gasteiger partial charge >= 0.3 is 0 Å². The number of nitrogens with one attached hydrogen (secondary N) is 1. The molecule has 0 spiro atoms. The number of carbonyl (C=O) groups excluding carboxylic acids is 2. The van der Waals surface area contributed by atoms with Crippen LogP contribution in [0.4, 0.5) is 5.69 Å². The zero-order valence-electron chi connectivity index (χ0n) is 16.4. The van der Waals surface area contributed by atoms with Gasteiger partial charge in [-0.25, -0.2) is 9.67 Å². The topological polar surface area (TPSA) is 95.3 Å². The zero-order valence-corrected chi connectivity index (χ0v) is 17.2. The number of ether oxygens (including phenoxy) is 2. The standard InChI is InChI=1S/C22H16N4O4S/c1-13(27)15-10-17-18(30-12-29-17)11-16(15)23-22(28)20-24-21(19-8-5-9-31-19)26(25-20)14-6-3-2-4-7-14/h2-11H,12H2,1H3,(H,23,28). The van der Waals surface area contributed by atoms with Crippen LogP contribution in [-0.2, 0) is 0 Å². The van der Waals surface area contributed by atoms with Crippen LogP contribution >= 0.6 is 11.3 Å². The number of nitrogens with zero attached hydrogens (tertiary/aromatic N) is 3.